The van der Waals surface area contributed by atoms with Gasteiger partial charge < -0.3 is 0 Å². The Bertz CT molecular complexity index is 260. The molecule has 0 fully saturated rings. The molecule has 0 aliphatic rings. The lowest BCUT2D eigenvalue weighted by molar-refractivity contribution is 0.578. The summed E-state index contributed by atoms with van der Waals surface area (Å²) in [7, 11) is -6.52. The van der Waals surface area contributed by atoms with Crippen LogP contribution in [0.2, 0.25) is 39.3 Å². The van der Waals surface area contributed by atoms with Gasteiger partial charge in [0.1, 0.15) is 16.5 Å². The Morgan fingerprint density at radius 3 is 1.08 bits per heavy atom. The number of sulfonamides is 1. The van der Waals surface area contributed by atoms with Crippen LogP contribution in [0.4, 0.5) is 0 Å². The van der Waals surface area contributed by atoms with Crippen LogP contribution in [0, 0.1) is 0 Å². The number of hydrogen-bond acceptors (Lipinski definition) is 2. The quantitative estimate of drug-likeness (QED) is 0.706. The average Bonchev–Trinajstić information content (AvgIpc) is 1.44. The fourth-order valence-electron chi connectivity index (χ4n) is 2.00. The molecule has 0 radical (unpaired) electrons. The summed E-state index contributed by atoms with van der Waals surface area (Å²) >= 11 is 0. The van der Waals surface area contributed by atoms with Crippen LogP contribution in [0.3, 0.4) is 0 Å². The molecular weight excluding hydrogens is 218 g/mol. The van der Waals surface area contributed by atoms with Crippen molar-refractivity contribution in [3.05, 3.63) is 0 Å². The smallest absolute Gasteiger partial charge is 0.199 e. The van der Waals surface area contributed by atoms with Crippen LogP contribution >= 0.6 is 0 Å². The summed E-state index contributed by atoms with van der Waals surface area (Å²) in [5, 5.41) is 0. The summed E-state index contributed by atoms with van der Waals surface area (Å²) in [4.78, 5) is 0. The van der Waals surface area contributed by atoms with Crippen molar-refractivity contribution in [1.29, 1.82) is 0 Å². The number of nitrogens with zero attached hydrogens (tertiary/aromatic N) is 1. The van der Waals surface area contributed by atoms with E-state index in [2.05, 4.69) is 39.3 Å². The van der Waals surface area contributed by atoms with Crippen LogP contribution in [-0.4, -0.2) is 34.8 Å². The highest BCUT2D eigenvalue weighted by Gasteiger charge is 2.40. The zero-order valence-corrected chi connectivity index (χ0v) is 12.5. The molecule has 0 amide bonds. The molecule has 0 heterocycles. The van der Waals surface area contributed by atoms with E-state index >= 15 is 0 Å². The molecule has 0 atom stereocenters. The van der Waals surface area contributed by atoms with Crippen LogP contribution in [0.5, 0.6) is 0 Å². The lowest BCUT2D eigenvalue weighted by Crippen LogP contribution is -2.61. The minimum absolute atomic E-state index is 1.32. The van der Waals surface area contributed by atoms with Gasteiger partial charge in [0, 0.05) is 0 Å². The second kappa shape index (κ2) is 3.49. The highest BCUT2D eigenvalue weighted by molar-refractivity contribution is 7.91. The first-order chi connectivity index (χ1) is 5.37. The van der Waals surface area contributed by atoms with E-state index in [1.165, 1.54) is 6.26 Å². The van der Waals surface area contributed by atoms with Crippen molar-refractivity contribution in [3.8, 4) is 0 Å². The van der Waals surface area contributed by atoms with Crippen LogP contribution in [0.25, 0.3) is 0 Å². The highest BCUT2D eigenvalue weighted by Crippen LogP contribution is 2.22. The van der Waals surface area contributed by atoms with E-state index in [1.54, 1.807) is 0 Å². The Hall–Kier alpha value is 0.344. The minimum atomic E-state index is -3.02. The second-order valence-corrected chi connectivity index (χ2v) is 17.9. The molecule has 80 valence electrons. The van der Waals surface area contributed by atoms with Gasteiger partial charge in [-0.25, -0.2) is 12.1 Å². The molecule has 0 aromatic heterocycles. The van der Waals surface area contributed by atoms with Gasteiger partial charge in [-0.15, -0.1) is 0 Å². The summed E-state index contributed by atoms with van der Waals surface area (Å²) in [5.74, 6) is 0. The van der Waals surface area contributed by atoms with Gasteiger partial charge >= 0.3 is 0 Å². The lowest BCUT2D eigenvalue weighted by Gasteiger charge is -2.41. The molecular formula is C7H21NO2SSi2. The Morgan fingerprint density at radius 1 is 0.846 bits per heavy atom. The second-order valence-electron chi connectivity index (χ2n) is 5.37. The van der Waals surface area contributed by atoms with Gasteiger partial charge in [-0.1, -0.05) is 39.3 Å². The van der Waals surface area contributed by atoms with Crippen molar-refractivity contribution < 1.29 is 8.42 Å². The molecule has 0 unspecified atom stereocenters. The van der Waals surface area contributed by atoms with Crippen molar-refractivity contribution in [2.24, 2.45) is 0 Å². The molecule has 0 aliphatic carbocycles. The predicted octanol–water partition coefficient (Wildman–Crippen LogP) is 1.92. The number of rotatable bonds is 3. The van der Waals surface area contributed by atoms with E-state index in [1.807, 2.05) is 3.64 Å². The van der Waals surface area contributed by atoms with Gasteiger partial charge in [-0.2, -0.15) is 0 Å². The van der Waals surface area contributed by atoms with Crippen molar-refractivity contribution >= 4 is 26.5 Å². The fourth-order valence-corrected chi connectivity index (χ4v) is 18.0. The molecule has 0 rings (SSSR count). The van der Waals surface area contributed by atoms with E-state index in [9.17, 15) is 8.42 Å². The van der Waals surface area contributed by atoms with Gasteiger partial charge in [-0.3, -0.25) is 0 Å². The van der Waals surface area contributed by atoms with Gasteiger partial charge in [-0.05, 0) is 0 Å². The molecule has 3 nitrogen and oxygen atoms in total. The maximum Gasteiger partial charge on any atom is 0.199 e. The first-order valence-electron chi connectivity index (χ1n) is 4.37. The molecule has 0 spiro atoms. The molecule has 0 saturated heterocycles. The van der Waals surface area contributed by atoms with E-state index in [-0.39, 0.29) is 0 Å². The topological polar surface area (TPSA) is 37.4 Å². The Kier molecular flexibility index (Phi) is 3.58. The SMILES string of the molecule is C[Si](C)(C)N([Si](C)(C)C)S(C)(=O)=O. The molecule has 0 aromatic carbocycles. The number of hydrogen-bond donors (Lipinski definition) is 0. The molecule has 0 aliphatic heterocycles. The summed E-state index contributed by atoms with van der Waals surface area (Å²) in [5.41, 5.74) is 0. The molecule has 13 heavy (non-hydrogen) atoms. The first kappa shape index (κ1) is 13.3. The predicted molar refractivity (Wildman–Crippen MR) is 63.4 cm³/mol. The monoisotopic (exact) mass is 239 g/mol. The highest BCUT2D eigenvalue weighted by atomic mass is 32.2. The summed E-state index contributed by atoms with van der Waals surface area (Å²) < 4.78 is 25.1. The third-order valence-corrected chi connectivity index (χ3v) is 14.0. The minimum Gasteiger partial charge on any atom is -0.247 e. The maximum absolute atomic E-state index is 11.6. The Morgan fingerprint density at radius 2 is 1.08 bits per heavy atom. The molecule has 0 saturated carbocycles. The van der Waals surface area contributed by atoms with Crippen molar-refractivity contribution in [2.75, 3.05) is 6.26 Å². The van der Waals surface area contributed by atoms with Crippen LogP contribution < -0.4 is 0 Å². The lowest BCUT2D eigenvalue weighted by atomic mass is 11.8. The van der Waals surface area contributed by atoms with Crippen molar-refractivity contribution in [2.45, 2.75) is 39.3 Å². The molecule has 6 heteroatoms. The van der Waals surface area contributed by atoms with Gasteiger partial charge in [0.15, 0.2) is 10.0 Å². The molecule has 0 N–H and O–H groups in total. The van der Waals surface area contributed by atoms with E-state index < -0.39 is 26.5 Å². The van der Waals surface area contributed by atoms with Crippen LogP contribution in [-0.2, 0) is 10.0 Å². The first-order valence-corrected chi connectivity index (χ1v) is 13.1. The van der Waals surface area contributed by atoms with Crippen LogP contribution in [0.1, 0.15) is 0 Å². The molecule has 0 bridgehead atoms. The van der Waals surface area contributed by atoms with Crippen molar-refractivity contribution in [1.82, 2.24) is 3.64 Å². The third-order valence-electron chi connectivity index (χ3n) is 1.55. The van der Waals surface area contributed by atoms with Crippen LogP contribution in [0.15, 0.2) is 0 Å². The zero-order chi connectivity index (χ0) is 11.1. The average molecular weight is 239 g/mol. The van der Waals surface area contributed by atoms with Gasteiger partial charge in [0.25, 0.3) is 0 Å². The van der Waals surface area contributed by atoms with E-state index in [0.29, 0.717) is 0 Å². The standard InChI is InChI=1S/C7H21NO2SSi2/c1-11(9,10)8(12(2,3)4)13(5,6)7/h1-7H3. The van der Waals surface area contributed by atoms with Crippen molar-refractivity contribution in [3.63, 3.8) is 0 Å². The van der Waals surface area contributed by atoms with Gasteiger partial charge in [0.2, 0.25) is 0 Å². The van der Waals surface area contributed by atoms with E-state index in [0.717, 1.165) is 0 Å². The normalized spacial score (nSPS) is 15.1. The Balaban J connectivity index is 5.28. The summed E-state index contributed by atoms with van der Waals surface area (Å²) in [6.45, 7) is 12.5. The maximum atomic E-state index is 11.6. The summed E-state index contributed by atoms with van der Waals surface area (Å²) in [6.07, 6.45) is 1.32. The fraction of sp³-hybridized carbons (Fsp3) is 1.00. The largest absolute Gasteiger partial charge is 0.247 e. The summed E-state index contributed by atoms with van der Waals surface area (Å²) in [6, 6.07) is 0. The Labute approximate surface area is 84.4 Å². The molecule has 0 aromatic rings. The van der Waals surface area contributed by atoms with Gasteiger partial charge in [0.05, 0.1) is 6.26 Å². The third kappa shape index (κ3) is 3.92. The van der Waals surface area contributed by atoms with E-state index in [4.69, 9.17) is 0 Å². The zero-order valence-electron chi connectivity index (χ0n) is 9.67.